The van der Waals surface area contributed by atoms with E-state index >= 15 is 0 Å². The van der Waals surface area contributed by atoms with Crippen molar-refractivity contribution in [2.75, 3.05) is 30.9 Å². The molecule has 0 radical (unpaired) electrons. The van der Waals surface area contributed by atoms with Gasteiger partial charge >= 0.3 is 0 Å². The predicted molar refractivity (Wildman–Crippen MR) is 89.9 cm³/mol. The van der Waals surface area contributed by atoms with E-state index in [1.165, 1.54) is 0 Å². The van der Waals surface area contributed by atoms with Crippen molar-refractivity contribution in [3.05, 3.63) is 46.9 Å². The Morgan fingerprint density at radius 3 is 2.55 bits per heavy atom. The molecule has 0 aliphatic carbocycles. The fourth-order valence-electron chi connectivity index (χ4n) is 2.72. The van der Waals surface area contributed by atoms with Crippen LogP contribution in [0.5, 0.6) is 0 Å². The van der Waals surface area contributed by atoms with Crippen LogP contribution in [0.1, 0.15) is 12.5 Å². The van der Waals surface area contributed by atoms with Crippen molar-refractivity contribution in [3.63, 3.8) is 0 Å². The summed E-state index contributed by atoms with van der Waals surface area (Å²) in [7, 11) is 0. The van der Waals surface area contributed by atoms with Crippen LogP contribution in [0.3, 0.4) is 0 Å². The van der Waals surface area contributed by atoms with Crippen molar-refractivity contribution in [2.24, 2.45) is 0 Å². The standard InChI is InChI=1S/C16H20N2S2/c1-14(12-19-2)16(13-17,15-6-4-3-5-7-15)18-8-10-20-11-9-18/h3-7,12H,8-11H2,1-2H3/b14-12+/t16-/m1/s1. The molecule has 106 valence electrons. The number of nitrogens with zero attached hydrogens (tertiary/aromatic N) is 2. The van der Waals surface area contributed by atoms with E-state index in [0.29, 0.717) is 0 Å². The molecule has 2 nitrogen and oxygen atoms in total. The van der Waals surface area contributed by atoms with Crippen molar-refractivity contribution >= 4 is 23.5 Å². The fraction of sp³-hybridized carbons (Fsp3) is 0.438. The second-order valence-electron chi connectivity index (χ2n) is 4.82. The summed E-state index contributed by atoms with van der Waals surface area (Å²) in [5.41, 5.74) is 1.58. The molecule has 1 atom stereocenters. The third kappa shape index (κ3) is 2.90. The molecule has 0 saturated carbocycles. The summed E-state index contributed by atoms with van der Waals surface area (Å²) < 4.78 is 0. The van der Waals surface area contributed by atoms with E-state index in [2.05, 4.69) is 35.4 Å². The largest absolute Gasteiger partial charge is 0.277 e. The number of rotatable bonds is 4. The van der Waals surface area contributed by atoms with Crippen LogP contribution in [-0.2, 0) is 5.54 Å². The van der Waals surface area contributed by atoms with E-state index < -0.39 is 5.54 Å². The molecule has 0 aromatic heterocycles. The quantitative estimate of drug-likeness (QED) is 0.847. The smallest absolute Gasteiger partial charge is 0.156 e. The van der Waals surface area contributed by atoms with Gasteiger partial charge in [0, 0.05) is 24.6 Å². The van der Waals surface area contributed by atoms with Gasteiger partial charge in [0.15, 0.2) is 5.54 Å². The van der Waals surface area contributed by atoms with Crippen LogP contribution in [0.2, 0.25) is 0 Å². The van der Waals surface area contributed by atoms with Crippen LogP contribution in [0.15, 0.2) is 41.3 Å². The summed E-state index contributed by atoms with van der Waals surface area (Å²) in [5, 5.41) is 12.1. The SMILES string of the molecule is CS/C=C(\C)[C@](C#N)(c1ccccc1)N1CCSCC1. The molecule has 0 bridgehead atoms. The van der Waals surface area contributed by atoms with Gasteiger partial charge in [-0.1, -0.05) is 30.3 Å². The van der Waals surface area contributed by atoms with Crippen LogP contribution in [0.4, 0.5) is 0 Å². The van der Waals surface area contributed by atoms with Gasteiger partial charge in [-0.25, -0.2) is 0 Å². The molecule has 0 unspecified atom stereocenters. The first-order chi connectivity index (χ1) is 9.75. The second-order valence-corrected chi connectivity index (χ2v) is 6.76. The predicted octanol–water partition coefficient (Wildman–Crippen LogP) is 3.72. The van der Waals surface area contributed by atoms with Gasteiger partial charge in [-0.3, -0.25) is 4.90 Å². The molecule has 20 heavy (non-hydrogen) atoms. The van der Waals surface area contributed by atoms with E-state index in [1.807, 2.05) is 36.2 Å². The molecular formula is C16H20N2S2. The Kier molecular flexibility index (Phi) is 5.59. The van der Waals surface area contributed by atoms with Gasteiger partial charge in [-0.2, -0.15) is 17.0 Å². The van der Waals surface area contributed by atoms with Crippen molar-refractivity contribution in [2.45, 2.75) is 12.5 Å². The van der Waals surface area contributed by atoms with Crippen LogP contribution in [-0.4, -0.2) is 35.8 Å². The molecule has 1 fully saturated rings. The molecule has 1 saturated heterocycles. The van der Waals surface area contributed by atoms with Gasteiger partial charge in [-0.05, 0) is 29.7 Å². The maximum Gasteiger partial charge on any atom is 0.156 e. The van der Waals surface area contributed by atoms with E-state index in [0.717, 1.165) is 35.7 Å². The van der Waals surface area contributed by atoms with Gasteiger partial charge < -0.3 is 0 Å². The van der Waals surface area contributed by atoms with Crippen LogP contribution in [0.25, 0.3) is 0 Å². The molecule has 1 heterocycles. The minimum absolute atomic E-state index is 0.620. The van der Waals surface area contributed by atoms with Crippen molar-refractivity contribution in [1.82, 2.24) is 4.90 Å². The van der Waals surface area contributed by atoms with Crippen LogP contribution >= 0.6 is 23.5 Å². The van der Waals surface area contributed by atoms with E-state index in [4.69, 9.17) is 0 Å². The second kappa shape index (κ2) is 7.21. The molecule has 1 aliphatic rings. The number of nitriles is 1. The first kappa shape index (κ1) is 15.5. The lowest BCUT2D eigenvalue weighted by Crippen LogP contribution is -2.50. The fourth-order valence-corrected chi connectivity index (χ4v) is 4.15. The first-order valence-electron chi connectivity index (χ1n) is 6.75. The maximum absolute atomic E-state index is 10.0. The van der Waals surface area contributed by atoms with E-state index in [1.54, 1.807) is 11.8 Å². The molecular weight excluding hydrogens is 284 g/mol. The Morgan fingerprint density at radius 2 is 2.00 bits per heavy atom. The van der Waals surface area contributed by atoms with Crippen molar-refractivity contribution in [3.8, 4) is 6.07 Å². The van der Waals surface area contributed by atoms with Gasteiger partial charge in [0.2, 0.25) is 0 Å². The van der Waals surface area contributed by atoms with Crippen LogP contribution < -0.4 is 0 Å². The highest BCUT2D eigenvalue weighted by molar-refractivity contribution is 8.01. The van der Waals surface area contributed by atoms with Gasteiger partial charge in [0.25, 0.3) is 0 Å². The third-order valence-corrected chi connectivity index (χ3v) is 5.24. The highest BCUT2D eigenvalue weighted by Gasteiger charge is 2.41. The third-order valence-electron chi connectivity index (χ3n) is 3.70. The summed E-state index contributed by atoms with van der Waals surface area (Å²) in [6.45, 7) is 4.01. The van der Waals surface area contributed by atoms with Gasteiger partial charge in [0.05, 0.1) is 6.07 Å². The Bertz CT molecular complexity index is 501. The monoisotopic (exact) mass is 304 g/mol. The van der Waals surface area contributed by atoms with Crippen LogP contribution in [0, 0.1) is 11.3 Å². The summed E-state index contributed by atoms with van der Waals surface area (Å²) in [6.07, 6.45) is 2.04. The Morgan fingerprint density at radius 1 is 1.35 bits per heavy atom. The summed E-state index contributed by atoms with van der Waals surface area (Å²) in [6, 6.07) is 12.8. The summed E-state index contributed by atoms with van der Waals surface area (Å²) >= 11 is 3.64. The zero-order valence-corrected chi connectivity index (χ0v) is 13.6. The molecule has 4 heteroatoms. The highest BCUT2D eigenvalue weighted by Crippen LogP contribution is 2.37. The number of hydrogen-bond acceptors (Lipinski definition) is 4. The average molecular weight is 304 g/mol. The van der Waals surface area contributed by atoms with Gasteiger partial charge in [-0.15, -0.1) is 11.8 Å². The zero-order chi connectivity index (χ0) is 14.4. The first-order valence-corrected chi connectivity index (χ1v) is 9.19. The lowest BCUT2D eigenvalue weighted by molar-refractivity contribution is 0.185. The maximum atomic E-state index is 10.0. The zero-order valence-electron chi connectivity index (χ0n) is 12.0. The molecule has 1 aliphatic heterocycles. The van der Waals surface area contributed by atoms with E-state index in [9.17, 15) is 5.26 Å². The lowest BCUT2D eigenvalue weighted by atomic mass is 9.83. The van der Waals surface area contributed by atoms with Crippen molar-refractivity contribution < 1.29 is 0 Å². The Hall–Kier alpha value is -0.890. The van der Waals surface area contributed by atoms with Gasteiger partial charge in [0.1, 0.15) is 0 Å². The molecule has 1 aromatic carbocycles. The number of thioether (sulfide) groups is 2. The molecule has 0 N–H and O–H groups in total. The molecule has 0 amide bonds. The minimum atomic E-state index is -0.620. The number of benzene rings is 1. The van der Waals surface area contributed by atoms with Crippen molar-refractivity contribution in [1.29, 1.82) is 5.26 Å². The lowest BCUT2D eigenvalue weighted by Gasteiger charge is -2.42. The number of hydrogen-bond donors (Lipinski definition) is 0. The Labute approximate surface area is 130 Å². The molecule has 2 rings (SSSR count). The summed E-state index contributed by atoms with van der Waals surface area (Å²) in [5.74, 6) is 2.20. The minimum Gasteiger partial charge on any atom is -0.277 e. The molecule has 1 aromatic rings. The normalized spacial score (nSPS) is 20.1. The average Bonchev–Trinajstić information content (AvgIpc) is 2.51. The highest BCUT2D eigenvalue weighted by atomic mass is 32.2. The molecule has 0 spiro atoms. The Balaban J connectivity index is 2.52. The summed E-state index contributed by atoms with van der Waals surface area (Å²) in [4.78, 5) is 2.33. The van der Waals surface area contributed by atoms with E-state index in [-0.39, 0.29) is 0 Å². The topological polar surface area (TPSA) is 27.0 Å².